The van der Waals surface area contributed by atoms with E-state index in [0.29, 0.717) is 11.1 Å². The molecular weight excluding hydrogens is 554 g/mol. The van der Waals surface area contributed by atoms with Gasteiger partial charge >= 0.3 is 19.9 Å². The van der Waals surface area contributed by atoms with Gasteiger partial charge in [0.25, 0.3) is 5.56 Å². The topological polar surface area (TPSA) is 218 Å². The van der Waals surface area contributed by atoms with E-state index in [9.17, 15) is 33.6 Å². The smallest absolute Gasteiger partial charge is 0.462 e. The van der Waals surface area contributed by atoms with Crippen LogP contribution in [0.15, 0.2) is 40.1 Å². The van der Waals surface area contributed by atoms with Gasteiger partial charge in [0.2, 0.25) is 0 Å². The van der Waals surface area contributed by atoms with Gasteiger partial charge in [0.15, 0.2) is 17.6 Å². The number of hydrogen-bond acceptors (Lipinski definition) is 12. The number of nitrogens with two attached hydrogens (primary N) is 2. The molecule has 2 aromatic rings. The molecule has 14 nitrogen and oxygen atoms in total. The van der Waals surface area contributed by atoms with Crippen molar-refractivity contribution in [2.75, 3.05) is 13.3 Å². The van der Waals surface area contributed by atoms with Crippen LogP contribution in [0.3, 0.4) is 0 Å². The van der Waals surface area contributed by atoms with Gasteiger partial charge in [-0.15, -0.1) is 4.52 Å². The van der Waals surface area contributed by atoms with Crippen LogP contribution >= 0.6 is 8.25 Å². The number of aromatic nitrogens is 2. The molecule has 6 atom stereocenters. The van der Waals surface area contributed by atoms with Gasteiger partial charge < -0.3 is 31.2 Å². The Hall–Kier alpha value is -3.04. The van der Waals surface area contributed by atoms with Crippen molar-refractivity contribution < 1.29 is 42.5 Å². The number of aromatic amines is 1. The third kappa shape index (κ3) is 6.81. The molecule has 0 saturated carbocycles. The molecule has 16 heteroatoms. The normalized spacial score (nSPS) is 25.6. The largest absolute Gasteiger partial charge is 0.750 e. The van der Waals surface area contributed by atoms with Crippen LogP contribution in [-0.2, 0) is 36.3 Å². The lowest BCUT2D eigenvalue weighted by Gasteiger charge is -2.29. The fourth-order valence-corrected chi connectivity index (χ4v) is 4.91. The van der Waals surface area contributed by atoms with Gasteiger partial charge in [-0.1, -0.05) is 12.1 Å². The van der Waals surface area contributed by atoms with Crippen molar-refractivity contribution in [2.24, 2.45) is 11.5 Å². The highest BCUT2D eigenvalue weighted by Crippen LogP contribution is 2.45. The Labute approximate surface area is 228 Å². The van der Waals surface area contributed by atoms with Crippen molar-refractivity contribution in [1.82, 2.24) is 9.55 Å². The van der Waals surface area contributed by atoms with E-state index in [1.165, 1.54) is 6.07 Å². The van der Waals surface area contributed by atoms with Gasteiger partial charge in [0.1, 0.15) is 31.0 Å². The summed E-state index contributed by atoms with van der Waals surface area (Å²) in [6.45, 7) is 2.34. The van der Waals surface area contributed by atoms with Crippen LogP contribution in [0, 0.1) is 0 Å². The summed E-state index contributed by atoms with van der Waals surface area (Å²) in [5.41, 5.74) is 6.54. The molecule has 0 aliphatic carbocycles. The maximum absolute atomic E-state index is 14.3. The molecule has 40 heavy (non-hydrogen) atoms. The Morgan fingerprint density at radius 1 is 1.32 bits per heavy atom. The molecule has 1 aromatic carbocycles. The minimum absolute atomic E-state index is 0.0398. The van der Waals surface area contributed by atoms with Gasteiger partial charge in [0.05, 0.1) is 6.10 Å². The summed E-state index contributed by atoms with van der Waals surface area (Å²) < 4.78 is 49.1. The lowest BCUT2D eigenvalue weighted by molar-refractivity contribution is -0.148. The van der Waals surface area contributed by atoms with E-state index in [1.807, 2.05) is 4.98 Å². The number of H-pyrrole nitrogens is 1. The number of ether oxygens (including phenoxy) is 2. The first-order valence-corrected chi connectivity index (χ1v) is 13.4. The van der Waals surface area contributed by atoms with Crippen molar-refractivity contribution in [1.29, 1.82) is 0 Å². The molecule has 1 saturated heterocycles. The Morgan fingerprint density at radius 2 is 2.02 bits per heavy atom. The van der Waals surface area contributed by atoms with Crippen molar-refractivity contribution >= 4 is 14.2 Å². The zero-order chi connectivity index (χ0) is 29.8. The van der Waals surface area contributed by atoms with E-state index in [4.69, 9.17) is 30.0 Å². The first-order chi connectivity index (χ1) is 18.7. The SMILES string of the molecule is CC(C)OC(=O)[C@@H](N)Cc1cc(CN)ccc1O[P+](=O)OC[C@@]1(CF)O[C@@H](n2ccc(=O)[nH]c2=O)[C@](C)(O)[C@@H]1O. The highest BCUT2D eigenvalue weighted by molar-refractivity contribution is 7.33. The van der Waals surface area contributed by atoms with Crippen LogP contribution in [0.25, 0.3) is 0 Å². The quantitative estimate of drug-likeness (QED) is 0.163. The minimum Gasteiger partial charge on any atom is -0.462 e. The van der Waals surface area contributed by atoms with Crippen molar-refractivity contribution in [3.63, 3.8) is 0 Å². The molecule has 0 amide bonds. The number of halogens is 1. The predicted octanol–water partition coefficient (Wildman–Crippen LogP) is -0.0813. The number of carbonyl (C=O) groups excluding carboxylic acids is 1. The van der Waals surface area contributed by atoms with E-state index in [0.717, 1.165) is 23.8 Å². The number of hydrogen-bond donors (Lipinski definition) is 5. The predicted molar refractivity (Wildman–Crippen MR) is 138 cm³/mol. The zero-order valence-corrected chi connectivity index (χ0v) is 23.0. The molecule has 1 unspecified atom stereocenters. The Kier molecular flexibility index (Phi) is 9.95. The van der Waals surface area contributed by atoms with Crippen LogP contribution < -0.4 is 27.2 Å². The van der Waals surface area contributed by atoms with Gasteiger partial charge in [-0.25, -0.2) is 13.7 Å². The summed E-state index contributed by atoms with van der Waals surface area (Å²) in [5, 5.41) is 21.7. The summed E-state index contributed by atoms with van der Waals surface area (Å²) in [5.74, 6) is -0.613. The lowest BCUT2D eigenvalue weighted by atomic mass is 9.88. The molecule has 1 aromatic heterocycles. The molecule has 7 N–H and O–H groups in total. The number of carbonyl (C=O) groups is 1. The monoisotopic (exact) mass is 587 g/mol. The van der Waals surface area contributed by atoms with Crippen LogP contribution in [0.2, 0.25) is 0 Å². The number of alkyl halides is 1. The Balaban J connectivity index is 1.77. The second-order valence-corrected chi connectivity index (χ2v) is 10.7. The zero-order valence-electron chi connectivity index (χ0n) is 22.1. The third-order valence-electron chi connectivity index (χ3n) is 6.27. The summed E-state index contributed by atoms with van der Waals surface area (Å²) in [7, 11) is -3.02. The molecule has 0 bridgehead atoms. The average Bonchev–Trinajstić information content (AvgIpc) is 3.09. The van der Waals surface area contributed by atoms with E-state index in [-0.39, 0.29) is 24.8 Å². The number of aliphatic hydroxyl groups is 2. The molecule has 1 aliphatic heterocycles. The second kappa shape index (κ2) is 12.6. The average molecular weight is 588 g/mol. The van der Waals surface area contributed by atoms with Crippen molar-refractivity contribution in [3.8, 4) is 5.75 Å². The molecule has 0 radical (unpaired) electrons. The molecule has 3 rings (SSSR count). The van der Waals surface area contributed by atoms with E-state index < -0.39 is 68.3 Å². The summed E-state index contributed by atoms with van der Waals surface area (Å²) in [6.07, 6.45) is -3.01. The number of nitrogens with one attached hydrogen (secondary N) is 1. The standard InChI is InChI=1S/C24H32FN4O10P/c1-13(2)37-19(31)16(27)9-15-8-14(10-26)4-5-17(15)39-40(35)36-12-24(11-25)20(32)23(3,34)21(38-24)29-7-6-18(30)28-22(29)33/h4-8,13,16,20-21,32,34H,9-12,26-27H2,1-3H3/p+1/t16-,20-,21+,23+,24+/m0/s1. The highest BCUT2D eigenvalue weighted by atomic mass is 31.1. The fraction of sp³-hybridized carbons (Fsp3) is 0.542. The molecule has 220 valence electrons. The lowest BCUT2D eigenvalue weighted by Crippen LogP contribution is -2.53. The maximum Gasteiger partial charge on any atom is 0.750 e. The summed E-state index contributed by atoms with van der Waals surface area (Å²) in [6, 6.07) is 4.56. The van der Waals surface area contributed by atoms with Crippen LogP contribution in [0.5, 0.6) is 5.75 Å². The maximum atomic E-state index is 14.3. The first kappa shape index (κ1) is 31.5. The Bertz CT molecular complexity index is 1350. The number of aliphatic hydroxyl groups excluding tert-OH is 1. The van der Waals surface area contributed by atoms with Crippen LogP contribution in [0.4, 0.5) is 4.39 Å². The van der Waals surface area contributed by atoms with Gasteiger partial charge in [-0.05, 0) is 32.4 Å². The van der Waals surface area contributed by atoms with Crippen molar-refractivity contribution in [2.45, 2.75) is 69.4 Å². The minimum atomic E-state index is -3.02. The van der Waals surface area contributed by atoms with E-state index in [1.54, 1.807) is 26.0 Å². The Morgan fingerprint density at radius 3 is 2.62 bits per heavy atom. The number of esters is 1. The molecular formula is C24H33FN4O10P+. The number of rotatable bonds is 12. The number of benzene rings is 1. The third-order valence-corrected chi connectivity index (χ3v) is 6.96. The van der Waals surface area contributed by atoms with Crippen molar-refractivity contribution in [3.05, 3.63) is 62.4 Å². The molecule has 1 aliphatic rings. The first-order valence-electron chi connectivity index (χ1n) is 12.3. The second-order valence-electron chi connectivity index (χ2n) is 9.85. The van der Waals surface area contributed by atoms with E-state index in [2.05, 4.69) is 0 Å². The van der Waals surface area contributed by atoms with Crippen LogP contribution in [-0.4, -0.2) is 68.5 Å². The van der Waals surface area contributed by atoms with Gasteiger partial charge in [-0.3, -0.25) is 19.1 Å². The van der Waals surface area contributed by atoms with Gasteiger partial charge in [0, 0.05) is 35.4 Å². The molecule has 0 spiro atoms. The molecule has 1 fully saturated rings. The van der Waals surface area contributed by atoms with Crippen LogP contribution in [0.1, 0.15) is 38.1 Å². The van der Waals surface area contributed by atoms with Gasteiger partial charge in [-0.2, -0.15) is 0 Å². The molecule has 2 heterocycles. The summed E-state index contributed by atoms with van der Waals surface area (Å²) >= 11 is 0. The highest BCUT2D eigenvalue weighted by Gasteiger charge is 2.63. The summed E-state index contributed by atoms with van der Waals surface area (Å²) in [4.78, 5) is 37.8. The fourth-order valence-electron chi connectivity index (χ4n) is 4.20. The van der Waals surface area contributed by atoms with E-state index >= 15 is 0 Å². The number of nitrogens with zero attached hydrogens (tertiary/aromatic N) is 1.